The quantitative estimate of drug-likeness (QED) is 0.781. The number of rotatable bonds is 1. The molecule has 0 saturated heterocycles. The fourth-order valence-electron chi connectivity index (χ4n) is 2.00. The molecule has 0 heterocycles. The van der Waals surface area contributed by atoms with Gasteiger partial charge in [-0.1, -0.05) is 17.7 Å². The van der Waals surface area contributed by atoms with Crippen molar-refractivity contribution < 1.29 is 10.2 Å². The molecule has 2 heteroatoms. The van der Waals surface area contributed by atoms with E-state index in [1.807, 2.05) is 39.0 Å². The first-order chi connectivity index (χ1) is 7.99. The number of phenolic OH excluding ortho intramolecular Hbond substituents is 2. The van der Waals surface area contributed by atoms with Crippen LogP contribution in [-0.2, 0) is 0 Å². The van der Waals surface area contributed by atoms with E-state index in [1.54, 1.807) is 12.1 Å². The third-order valence-electron chi connectivity index (χ3n) is 2.99. The molecule has 0 amide bonds. The number of hydrogen-bond acceptors (Lipinski definition) is 2. The minimum atomic E-state index is 0.238. The molecule has 2 aromatic rings. The molecule has 0 radical (unpaired) electrons. The van der Waals surface area contributed by atoms with Gasteiger partial charge in [0.25, 0.3) is 0 Å². The van der Waals surface area contributed by atoms with E-state index in [2.05, 4.69) is 0 Å². The van der Waals surface area contributed by atoms with Crippen LogP contribution >= 0.6 is 0 Å². The highest BCUT2D eigenvalue weighted by Crippen LogP contribution is 2.35. The summed E-state index contributed by atoms with van der Waals surface area (Å²) in [6.07, 6.45) is 0. The van der Waals surface area contributed by atoms with Crippen LogP contribution in [0, 0.1) is 20.8 Å². The number of benzene rings is 2. The Morgan fingerprint density at radius 3 is 2.12 bits per heavy atom. The zero-order valence-corrected chi connectivity index (χ0v) is 10.3. The van der Waals surface area contributed by atoms with Crippen LogP contribution in [0.3, 0.4) is 0 Å². The SMILES string of the molecule is Cc1ccc(O)c(-c2cc(O)c(C)cc2C)c1. The molecule has 0 aliphatic rings. The van der Waals surface area contributed by atoms with Gasteiger partial charge in [0, 0.05) is 5.56 Å². The van der Waals surface area contributed by atoms with E-state index < -0.39 is 0 Å². The van der Waals surface area contributed by atoms with Gasteiger partial charge in [-0.25, -0.2) is 0 Å². The summed E-state index contributed by atoms with van der Waals surface area (Å²) in [5.41, 5.74) is 4.60. The molecule has 0 aliphatic heterocycles. The van der Waals surface area contributed by atoms with Crippen molar-refractivity contribution >= 4 is 0 Å². The van der Waals surface area contributed by atoms with Crippen molar-refractivity contribution in [1.29, 1.82) is 0 Å². The predicted octanol–water partition coefficient (Wildman–Crippen LogP) is 3.69. The van der Waals surface area contributed by atoms with Gasteiger partial charge in [0.1, 0.15) is 11.5 Å². The highest BCUT2D eigenvalue weighted by Gasteiger charge is 2.10. The van der Waals surface area contributed by atoms with E-state index in [4.69, 9.17) is 0 Å². The van der Waals surface area contributed by atoms with Crippen LogP contribution in [-0.4, -0.2) is 10.2 Å². The Morgan fingerprint density at radius 1 is 0.706 bits per heavy atom. The summed E-state index contributed by atoms with van der Waals surface area (Å²) in [6, 6.07) is 9.10. The van der Waals surface area contributed by atoms with Gasteiger partial charge < -0.3 is 10.2 Å². The minimum Gasteiger partial charge on any atom is -0.508 e. The molecule has 0 bridgehead atoms. The lowest BCUT2D eigenvalue weighted by molar-refractivity contribution is 0.470. The maximum absolute atomic E-state index is 9.89. The van der Waals surface area contributed by atoms with E-state index in [1.165, 1.54) is 0 Å². The lowest BCUT2D eigenvalue weighted by Gasteiger charge is -2.11. The predicted molar refractivity (Wildman–Crippen MR) is 69.4 cm³/mol. The molecule has 0 fully saturated rings. The maximum Gasteiger partial charge on any atom is 0.123 e. The molecule has 2 nitrogen and oxygen atoms in total. The monoisotopic (exact) mass is 228 g/mol. The summed E-state index contributed by atoms with van der Waals surface area (Å²) < 4.78 is 0. The lowest BCUT2D eigenvalue weighted by Crippen LogP contribution is -1.87. The minimum absolute atomic E-state index is 0.238. The Morgan fingerprint density at radius 2 is 1.41 bits per heavy atom. The van der Waals surface area contributed by atoms with E-state index in [9.17, 15) is 10.2 Å². The standard InChI is InChI=1S/C15H16O2/c1-9-4-5-14(16)13(6-9)12-8-15(17)11(3)7-10(12)2/h4-8,16-17H,1-3H3. The van der Waals surface area contributed by atoms with Gasteiger partial charge in [0.15, 0.2) is 0 Å². The van der Waals surface area contributed by atoms with Crippen molar-refractivity contribution in [2.45, 2.75) is 20.8 Å². The van der Waals surface area contributed by atoms with E-state index >= 15 is 0 Å². The summed E-state index contributed by atoms with van der Waals surface area (Å²) in [6.45, 7) is 5.82. The van der Waals surface area contributed by atoms with Crippen LogP contribution in [0.1, 0.15) is 16.7 Å². The van der Waals surface area contributed by atoms with Crippen LogP contribution in [0.15, 0.2) is 30.3 Å². The number of aryl methyl sites for hydroxylation is 3. The average Bonchev–Trinajstić information content (AvgIpc) is 2.27. The highest BCUT2D eigenvalue weighted by molar-refractivity contribution is 5.75. The molecule has 2 aromatic carbocycles. The first-order valence-electron chi connectivity index (χ1n) is 5.59. The molecule has 2 N–H and O–H groups in total. The molecule has 88 valence electrons. The molecule has 0 aromatic heterocycles. The molecular formula is C15H16O2. The van der Waals surface area contributed by atoms with Crippen molar-refractivity contribution in [3.63, 3.8) is 0 Å². The lowest BCUT2D eigenvalue weighted by atomic mass is 9.96. The van der Waals surface area contributed by atoms with Crippen molar-refractivity contribution in [3.05, 3.63) is 47.0 Å². The van der Waals surface area contributed by atoms with Crippen LogP contribution < -0.4 is 0 Å². The number of aromatic hydroxyl groups is 2. The summed E-state index contributed by atoms with van der Waals surface area (Å²) in [5.74, 6) is 0.494. The average molecular weight is 228 g/mol. The molecule has 0 atom stereocenters. The van der Waals surface area contributed by atoms with Gasteiger partial charge in [-0.3, -0.25) is 0 Å². The Labute approximate surface area is 101 Å². The summed E-state index contributed by atoms with van der Waals surface area (Å²) >= 11 is 0. The van der Waals surface area contributed by atoms with Crippen LogP contribution in [0.2, 0.25) is 0 Å². The van der Waals surface area contributed by atoms with Gasteiger partial charge in [-0.2, -0.15) is 0 Å². The maximum atomic E-state index is 9.89. The molecular weight excluding hydrogens is 212 g/mol. The Hall–Kier alpha value is -1.96. The smallest absolute Gasteiger partial charge is 0.123 e. The highest BCUT2D eigenvalue weighted by atomic mass is 16.3. The normalized spacial score (nSPS) is 10.5. The second-order valence-electron chi connectivity index (χ2n) is 4.47. The van der Waals surface area contributed by atoms with Crippen LogP contribution in [0.5, 0.6) is 11.5 Å². The molecule has 0 unspecified atom stereocenters. The van der Waals surface area contributed by atoms with Crippen LogP contribution in [0.4, 0.5) is 0 Å². The fourth-order valence-corrected chi connectivity index (χ4v) is 2.00. The topological polar surface area (TPSA) is 40.5 Å². The molecule has 17 heavy (non-hydrogen) atoms. The van der Waals surface area contributed by atoms with Gasteiger partial charge in [-0.05, 0) is 55.7 Å². The Balaban J connectivity index is 2.68. The molecule has 0 saturated carbocycles. The van der Waals surface area contributed by atoms with Gasteiger partial charge in [0.2, 0.25) is 0 Å². The summed E-state index contributed by atoms with van der Waals surface area (Å²) in [4.78, 5) is 0. The molecule has 0 spiro atoms. The zero-order chi connectivity index (χ0) is 12.6. The molecule has 0 aliphatic carbocycles. The third kappa shape index (κ3) is 2.11. The van der Waals surface area contributed by atoms with Gasteiger partial charge >= 0.3 is 0 Å². The zero-order valence-electron chi connectivity index (χ0n) is 10.3. The van der Waals surface area contributed by atoms with Crippen LogP contribution in [0.25, 0.3) is 11.1 Å². The second kappa shape index (κ2) is 4.13. The van der Waals surface area contributed by atoms with Gasteiger partial charge in [0.05, 0.1) is 0 Å². The van der Waals surface area contributed by atoms with Crippen molar-refractivity contribution in [3.8, 4) is 22.6 Å². The fraction of sp³-hybridized carbons (Fsp3) is 0.200. The number of hydrogen-bond donors (Lipinski definition) is 2. The van der Waals surface area contributed by atoms with E-state index in [-0.39, 0.29) is 11.5 Å². The Bertz CT molecular complexity index is 571. The first-order valence-corrected chi connectivity index (χ1v) is 5.59. The number of phenols is 2. The van der Waals surface area contributed by atoms with Gasteiger partial charge in [-0.15, -0.1) is 0 Å². The van der Waals surface area contributed by atoms with Crippen molar-refractivity contribution in [2.24, 2.45) is 0 Å². The summed E-state index contributed by atoms with van der Waals surface area (Å²) in [7, 11) is 0. The second-order valence-corrected chi connectivity index (χ2v) is 4.47. The largest absolute Gasteiger partial charge is 0.508 e. The summed E-state index contributed by atoms with van der Waals surface area (Å²) in [5, 5.41) is 19.7. The Kier molecular flexibility index (Phi) is 2.80. The van der Waals surface area contributed by atoms with Crippen molar-refractivity contribution in [1.82, 2.24) is 0 Å². The van der Waals surface area contributed by atoms with E-state index in [0.717, 1.165) is 27.8 Å². The van der Waals surface area contributed by atoms with E-state index in [0.29, 0.717) is 0 Å². The first kappa shape index (κ1) is 11.5. The third-order valence-corrected chi connectivity index (χ3v) is 2.99. The molecule has 2 rings (SSSR count). The van der Waals surface area contributed by atoms with Crippen molar-refractivity contribution in [2.75, 3.05) is 0 Å².